The molecule has 0 saturated heterocycles. The zero-order valence-corrected chi connectivity index (χ0v) is 14.4. The summed E-state index contributed by atoms with van der Waals surface area (Å²) >= 11 is 0. The summed E-state index contributed by atoms with van der Waals surface area (Å²) in [5.41, 5.74) is 1.32. The van der Waals surface area contributed by atoms with Crippen LogP contribution in [0.5, 0.6) is 5.75 Å². The molecule has 0 saturated carbocycles. The van der Waals surface area contributed by atoms with Gasteiger partial charge in [-0.1, -0.05) is 26.0 Å². The Morgan fingerprint density at radius 3 is 2.43 bits per heavy atom. The first kappa shape index (κ1) is 19.0. The van der Waals surface area contributed by atoms with Crippen molar-refractivity contribution in [3.63, 3.8) is 0 Å². The second-order valence-corrected chi connectivity index (χ2v) is 5.87. The van der Waals surface area contributed by atoms with Gasteiger partial charge in [0.25, 0.3) is 0 Å². The Morgan fingerprint density at radius 1 is 1.22 bits per heavy atom. The highest BCUT2D eigenvalue weighted by Gasteiger charge is 2.34. The number of hydrogen-bond acceptors (Lipinski definition) is 3. The van der Waals surface area contributed by atoms with Crippen LogP contribution in [0.1, 0.15) is 44.2 Å². The van der Waals surface area contributed by atoms with E-state index in [1.807, 2.05) is 45.9 Å². The number of nitrogens with one attached hydrogen (secondary N) is 1. The fourth-order valence-corrected chi connectivity index (χ4v) is 2.37. The molecule has 0 unspecified atom stereocenters. The number of aryl methyl sites for hydroxylation is 1. The van der Waals surface area contributed by atoms with E-state index in [4.69, 9.17) is 4.74 Å². The SMILES string of the molecule is CCC(CC)(CNC(=O)CCOc1cccc(C)c1C)C(=O)O. The molecule has 0 atom stereocenters. The van der Waals surface area contributed by atoms with Crippen LogP contribution in [0.25, 0.3) is 0 Å². The molecule has 1 rings (SSSR count). The maximum Gasteiger partial charge on any atom is 0.311 e. The number of hydrogen-bond donors (Lipinski definition) is 2. The number of carboxylic acid groups (broad SMARTS) is 1. The maximum atomic E-state index is 11.9. The summed E-state index contributed by atoms with van der Waals surface area (Å²) < 4.78 is 5.64. The summed E-state index contributed by atoms with van der Waals surface area (Å²) in [6, 6.07) is 5.81. The highest BCUT2D eigenvalue weighted by Crippen LogP contribution is 2.25. The first-order valence-corrected chi connectivity index (χ1v) is 8.05. The van der Waals surface area contributed by atoms with E-state index in [9.17, 15) is 14.7 Å². The average Bonchev–Trinajstić information content (AvgIpc) is 2.52. The lowest BCUT2D eigenvalue weighted by Gasteiger charge is -2.26. The van der Waals surface area contributed by atoms with Crippen LogP contribution in [0.15, 0.2) is 18.2 Å². The number of carbonyl (C=O) groups excluding carboxylic acids is 1. The molecule has 1 aromatic carbocycles. The molecule has 0 fully saturated rings. The highest BCUT2D eigenvalue weighted by atomic mass is 16.5. The standard InChI is InChI=1S/C18H27NO4/c1-5-18(6-2,17(21)22)12-19-16(20)10-11-23-15-9-7-8-13(3)14(15)4/h7-9H,5-6,10-12H2,1-4H3,(H,19,20)(H,21,22). The van der Waals surface area contributed by atoms with Crippen molar-refractivity contribution < 1.29 is 19.4 Å². The van der Waals surface area contributed by atoms with Crippen LogP contribution in [0.4, 0.5) is 0 Å². The molecular formula is C18H27NO4. The number of ether oxygens (including phenoxy) is 1. The van der Waals surface area contributed by atoms with Gasteiger partial charge in [-0.3, -0.25) is 9.59 Å². The number of carboxylic acids is 1. The second-order valence-electron chi connectivity index (χ2n) is 5.87. The summed E-state index contributed by atoms with van der Waals surface area (Å²) in [4.78, 5) is 23.3. The molecule has 128 valence electrons. The van der Waals surface area contributed by atoms with Crippen LogP contribution in [0.2, 0.25) is 0 Å². The molecule has 0 aliphatic rings. The van der Waals surface area contributed by atoms with E-state index in [0.717, 1.165) is 16.9 Å². The average molecular weight is 321 g/mol. The van der Waals surface area contributed by atoms with Gasteiger partial charge in [-0.25, -0.2) is 0 Å². The Balaban J connectivity index is 2.46. The largest absolute Gasteiger partial charge is 0.493 e. The first-order valence-electron chi connectivity index (χ1n) is 8.05. The van der Waals surface area contributed by atoms with E-state index in [-0.39, 0.29) is 25.5 Å². The van der Waals surface area contributed by atoms with Gasteiger partial charge in [-0.2, -0.15) is 0 Å². The van der Waals surface area contributed by atoms with Crippen molar-refractivity contribution in [3.05, 3.63) is 29.3 Å². The monoisotopic (exact) mass is 321 g/mol. The summed E-state index contributed by atoms with van der Waals surface area (Å²) in [5.74, 6) is -0.280. The number of aliphatic carboxylic acids is 1. The van der Waals surface area contributed by atoms with E-state index in [0.29, 0.717) is 12.8 Å². The van der Waals surface area contributed by atoms with E-state index < -0.39 is 11.4 Å². The molecular weight excluding hydrogens is 294 g/mol. The molecule has 5 nitrogen and oxygen atoms in total. The molecule has 1 amide bonds. The van der Waals surface area contributed by atoms with Crippen LogP contribution in [-0.2, 0) is 9.59 Å². The van der Waals surface area contributed by atoms with Gasteiger partial charge in [0.05, 0.1) is 18.4 Å². The number of carbonyl (C=O) groups is 2. The summed E-state index contributed by atoms with van der Waals surface area (Å²) in [6.07, 6.45) is 1.17. The van der Waals surface area contributed by atoms with Gasteiger partial charge in [-0.15, -0.1) is 0 Å². The second kappa shape index (κ2) is 8.56. The smallest absolute Gasteiger partial charge is 0.311 e. The lowest BCUT2D eigenvalue weighted by Crippen LogP contribution is -2.42. The van der Waals surface area contributed by atoms with Crippen LogP contribution in [0, 0.1) is 19.3 Å². The molecule has 0 aliphatic carbocycles. The van der Waals surface area contributed by atoms with Crippen molar-refractivity contribution >= 4 is 11.9 Å². The summed E-state index contributed by atoms with van der Waals surface area (Å²) in [6.45, 7) is 8.07. The van der Waals surface area contributed by atoms with E-state index >= 15 is 0 Å². The Kier molecular flexibility index (Phi) is 7.07. The van der Waals surface area contributed by atoms with Gasteiger partial charge in [0, 0.05) is 6.54 Å². The summed E-state index contributed by atoms with van der Waals surface area (Å²) in [7, 11) is 0. The van der Waals surface area contributed by atoms with Crippen molar-refractivity contribution in [2.45, 2.75) is 47.0 Å². The highest BCUT2D eigenvalue weighted by molar-refractivity contribution is 5.79. The zero-order chi connectivity index (χ0) is 17.5. The maximum absolute atomic E-state index is 11.9. The third-order valence-electron chi connectivity index (χ3n) is 4.57. The Morgan fingerprint density at radius 2 is 1.87 bits per heavy atom. The van der Waals surface area contributed by atoms with E-state index in [1.165, 1.54) is 0 Å². The molecule has 0 spiro atoms. The van der Waals surface area contributed by atoms with Gasteiger partial charge in [-0.05, 0) is 43.9 Å². The predicted octanol–water partition coefficient (Wildman–Crippen LogP) is 3.08. The fourth-order valence-electron chi connectivity index (χ4n) is 2.37. The van der Waals surface area contributed by atoms with Gasteiger partial charge in [0.2, 0.25) is 5.91 Å². The van der Waals surface area contributed by atoms with Crippen LogP contribution in [-0.4, -0.2) is 30.1 Å². The predicted molar refractivity (Wildman–Crippen MR) is 89.7 cm³/mol. The lowest BCUT2D eigenvalue weighted by molar-refractivity contribution is -0.149. The third kappa shape index (κ3) is 4.98. The molecule has 0 heterocycles. The fraction of sp³-hybridized carbons (Fsp3) is 0.556. The topological polar surface area (TPSA) is 75.6 Å². The Bertz CT molecular complexity index is 550. The molecule has 0 radical (unpaired) electrons. The van der Waals surface area contributed by atoms with Crippen LogP contribution < -0.4 is 10.1 Å². The minimum Gasteiger partial charge on any atom is -0.493 e. The van der Waals surface area contributed by atoms with Gasteiger partial charge in [0.1, 0.15) is 5.75 Å². The molecule has 0 bridgehead atoms. The Labute approximate surface area is 138 Å². The van der Waals surface area contributed by atoms with Crippen LogP contribution >= 0.6 is 0 Å². The number of amides is 1. The minimum absolute atomic E-state index is 0.150. The Hall–Kier alpha value is -2.04. The van der Waals surface area contributed by atoms with E-state index in [1.54, 1.807) is 0 Å². The molecule has 2 N–H and O–H groups in total. The molecule has 1 aromatic rings. The van der Waals surface area contributed by atoms with Gasteiger partial charge >= 0.3 is 5.97 Å². The molecule has 0 aliphatic heterocycles. The van der Waals surface area contributed by atoms with Crippen molar-refractivity contribution in [2.24, 2.45) is 5.41 Å². The van der Waals surface area contributed by atoms with Crippen molar-refractivity contribution in [3.8, 4) is 5.75 Å². The summed E-state index contributed by atoms with van der Waals surface area (Å²) in [5, 5.41) is 12.1. The van der Waals surface area contributed by atoms with Crippen molar-refractivity contribution in [1.82, 2.24) is 5.32 Å². The van der Waals surface area contributed by atoms with Crippen molar-refractivity contribution in [1.29, 1.82) is 0 Å². The minimum atomic E-state index is -0.885. The normalized spacial score (nSPS) is 11.1. The third-order valence-corrected chi connectivity index (χ3v) is 4.57. The van der Waals surface area contributed by atoms with E-state index in [2.05, 4.69) is 5.32 Å². The number of benzene rings is 1. The number of rotatable bonds is 9. The molecule has 0 aromatic heterocycles. The zero-order valence-electron chi connectivity index (χ0n) is 14.4. The lowest BCUT2D eigenvalue weighted by atomic mass is 9.82. The van der Waals surface area contributed by atoms with Crippen molar-refractivity contribution in [2.75, 3.05) is 13.2 Å². The first-order chi connectivity index (χ1) is 10.9. The van der Waals surface area contributed by atoms with Gasteiger partial charge < -0.3 is 15.2 Å². The van der Waals surface area contributed by atoms with Gasteiger partial charge in [0.15, 0.2) is 0 Å². The quantitative estimate of drug-likeness (QED) is 0.733. The molecule has 23 heavy (non-hydrogen) atoms. The molecule has 5 heteroatoms. The van der Waals surface area contributed by atoms with Crippen LogP contribution in [0.3, 0.4) is 0 Å².